The Balaban J connectivity index is 1.68. The number of hydrogen-bond acceptors (Lipinski definition) is 1. The van der Waals surface area contributed by atoms with Crippen molar-refractivity contribution in [2.45, 2.75) is 24.9 Å². The van der Waals surface area contributed by atoms with Gasteiger partial charge >= 0.3 is 6.18 Å². The molecule has 0 amide bonds. The lowest BCUT2D eigenvalue weighted by Crippen LogP contribution is -2.39. The van der Waals surface area contributed by atoms with Crippen molar-refractivity contribution in [1.29, 1.82) is 0 Å². The topological polar surface area (TPSA) is 36.4 Å². The van der Waals surface area contributed by atoms with Crippen molar-refractivity contribution in [1.82, 2.24) is 10.6 Å². The van der Waals surface area contributed by atoms with E-state index >= 15 is 0 Å². The molecule has 6 heteroatoms. The van der Waals surface area contributed by atoms with E-state index in [1.54, 1.807) is 7.05 Å². The van der Waals surface area contributed by atoms with Crippen LogP contribution in [0.25, 0.3) is 0 Å². The molecule has 2 atom stereocenters. The first-order valence-corrected chi connectivity index (χ1v) is 7.06. The molecule has 1 fully saturated rings. The van der Waals surface area contributed by atoms with E-state index in [0.717, 1.165) is 13.0 Å². The molecule has 3 nitrogen and oxygen atoms in total. The highest BCUT2D eigenvalue weighted by molar-refractivity contribution is 5.79. The molecule has 0 radical (unpaired) electrons. The Bertz CT molecular complexity index is 471. The number of benzene rings is 1. The normalized spacial score (nSPS) is 22.0. The minimum Gasteiger partial charge on any atom is -0.356 e. The van der Waals surface area contributed by atoms with Crippen molar-refractivity contribution in [3.8, 4) is 0 Å². The zero-order chi connectivity index (χ0) is 15.3. The molecule has 0 saturated heterocycles. The number of nitrogens with zero attached hydrogens (tertiary/aromatic N) is 1. The van der Waals surface area contributed by atoms with Crippen LogP contribution < -0.4 is 10.6 Å². The number of aliphatic imine (C=N–C) groups is 1. The third-order valence-corrected chi connectivity index (χ3v) is 3.61. The molecule has 1 aliphatic rings. The Kier molecular flexibility index (Phi) is 5.09. The fraction of sp³-hybridized carbons (Fsp3) is 0.533. The van der Waals surface area contributed by atoms with Gasteiger partial charge in [-0.3, -0.25) is 4.99 Å². The molecular weight excluding hydrogens is 279 g/mol. The van der Waals surface area contributed by atoms with Crippen LogP contribution in [0, 0.1) is 5.92 Å². The summed E-state index contributed by atoms with van der Waals surface area (Å²) in [4.78, 5) is 3.93. The number of guanidine groups is 1. The Morgan fingerprint density at radius 2 is 1.95 bits per heavy atom. The summed E-state index contributed by atoms with van der Waals surface area (Å²) in [6.07, 6.45) is -3.89. The first-order chi connectivity index (χ1) is 9.99. The first kappa shape index (κ1) is 15.7. The maximum atomic E-state index is 12.1. The molecule has 0 aromatic heterocycles. The summed E-state index contributed by atoms with van der Waals surface area (Å²) in [5.41, 5.74) is 1.32. The molecule has 1 aromatic rings. The van der Waals surface area contributed by atoms with Gasteiger partial charge in [-0.1, -0.05) is 30.3 Å². The molecule has 21 heavy (non-hydrogen) atoms. The summed E-state index contributed by atoms with van der Waals surface area (Å²) in [6.45, 7) is 0.571. The summed E-state index contributed by atoms with van der Waals surface area (Å²) < 4.78 is 36.2. The van der Waals surface area contributed by atoms with Crippen LogP contribution in [0.1, 0.15) is 24.3 Å². The van der Waals surface area contributed by atoms with E-state index < -0.39 is 12.6 Å². The van der Waals surface area contributed by atoms with E-state index in [1.807, 2.05) is 18.2 Å². The summed E-state index contributed by atoms with van der Waals surface area (Å²) in [7, 11) is 1.56. The van der Waals surface area contributed by atoms with Gasteiger partial charge in [-0.25, -0.2) is 0 Å². The van der Waals surface area contributed by atoms with Crippen LogP contribution in [0.15, 0.2) is 35.3 Å². The molecule has 0 bridgehead atoms. The SMILES string of the molecule is CN=C(NCCC(F)(F)F)NCC1CC1c1ccccc1. The van der Waals surface area contributed by atoms with Crippen LogP contribution in [0.2, 0.25) is 0 Å². The van der Waals surface area contributed by atoms with Crippen LogP contribution >= 0.6 is 0 Å². The highest BCUT2D eigenvalue weighted by Gasteiger charge is 2.37. The van der Waals surface area contributed by atoms with E-state index in [9.17, 15) is 13.2 Å². The van der Waals surface area contributed by atoms with E-state index in [-0.39, 0.29) is 6.54 Å². The molecular formula is C15H20F3N3. The van der Waals surface area contributed by atoms with Crippen molar-refractivity contribution in [3.63, 3.8) is 0 Å². The van der Waals surface area contributed by atoms with Gasteiger partial charge in [-0.2, -0.15) is 13.2 Å². The van der Waals surface area contributed by atoms with Gasteiger partial charge in [0, 0.05) is 20.1 Å². The monoisotopic (exact) mass is 299 g/mol. The van der Waals surface area contributed by atoms with Crippen LogP contribution in [-0.4, -0.2) is 32.3 Å². The predicted molar refractivity (Wildman–Crippen MR) is 77.3 cm³/mol. The lowest BCUT2D eigenvalue weighted by Gasteiger charge is -2.12. The smallest absolute Gasteiger partial charge is 0.356 e. The Morgan fingerprint density at radius 1 is 1.24 bits per heavy atom. The highest BCUT2D eigenvalue weighted by atomic mass is 19.4. The molecule has 2 N–H and O–H groups in total. The molecule has 1 aromatic carbocycles. The number of halogens is 3. The second-order valence-electron chi connectivity index (χ2n) is 5.26. The molecule has 116 valence electrons. The summed E-state index contributed by atoms with van der Waals surface area (Å²) in [5, 5.41) is 5.77. The average Bonchev–Trinajstić information content (AvgIpc) is 3.22. The summed E-state index contributed by atoms with van der Waals surface area (Å²) in [6, 6.07) is 10.3. The third-order valence-electron chi connectivity index (χ3n) is 3.61. The van der Waals surface area contributed by atoms with Crippen molar-refractivity contribution < 1.29 is 13.2 Å². The van der Waals surface area contributed by atoms with Gasteiger partial charge in [0.05, 0.1) is 6.42 Å². The summed E-state index contributed by atoms with van der Waals surface area (Å²) >= 11 is 0. The van der Waals surface area contributed by atoms with Crippen molar-refractivity contribution in [2.24, 2.45) is 10.9 Å². The highest BCUT2D eigenvalue weighted by Crippen LogP contribution is 2.46. The number of alkyl halides is 3. The minimum atomic E-state index is -4.14. The van der Waals surface area contributed by atoms with Gasteiger partial charge in [0.25, 0.3) is 0 Å². The third kappa shape index (κ3) is 5.28. The molecule has 2 unspecified atom stereocenters. The second kappa shape index (κ2) is 6.83. The fourth-order valence-corrected chi connectivity index (χ4v) is 2.35. The number of hydrogen-bond donors (Lipinski definition) is 2. The molecule has 1 saturated carbocycles. The number of rotatable bonds is 5. The Morgan fingerprint density at radius 3 is 2.57 bits per heavy atom. The maximum absolute atomic E-state index is 12.1. The Hall–Kier alpha value is -1.72. The van der Waals surface area contributed by atoms with Crippen LogP contribution in [-0.2, 0) is 0 Å². The van der Waals surface area contributed by atoms with Gasteiger partial charge in [-0.05, 0) is 23.8 Å². The zero-order valence-electron chi connectivity index (χ0n) is 12.0. The average molecular weight is 299 g/mol. The zero-order valence-corrected chi connectivity index (χ0v) is 12.0. The van der Waals surface area contributed by atoms with Gasteiger partial charge in [0.1, 0.15) is 0 Å². The van der Waals surface area contributed by atoms with Crippen molar-refractivity contribution in [3.05, 3.63) is 35.9 Å². The molecule has 2 rings (SSSR count). The van der Waals surface area contributed by atoms with E-state index in [4.69, 9.17) is 0 Å². The number of nitrogens with one attached hydrogen (secondary N) is 2. The molecule has 0 heterocycles. The van der Waals surface area contributed by atoms with E-state index in [1.165, 1.54) is 5.56 Å². The largest absolute Gasteiger partial charge is 0.390 e. The van der Waals surface area contributed by atoms with Crippen molar-refractivity contribution in [2.75, 3.05) is 20.1 Å². The maximum Gasteiger partial charge on any atom is 0.390 e. The lowest BCUT2D eigenvalue weighted by atomic mass is 10.1. The lowest BCUT2D eigenvalue weighted by molar-refractivity contribution is -0.132. The van der Waals surface area contributed by atoms with Gasteiger partial charge in [0.15, 0.2) is 5.96 Å². The van der Waals surface area contributed by atoms with Crippen molar-refractivity contribution >= 4 is 5.96 Å². The Labute approximate surface area is 122 Å². The second-order valence-corrected chi connectivity index (χ2v) is 5.26. The van der Waals surface area contributed by atoms with Crippen LogP contribution in [0.3, 0.4) is 0 Å². The quantitative estimate of drug-likeness (QED) is 0.648. The molecule has 1 aliphatic carbocycles. The van der Waals surface area contributed by atoms with E-state index in [0.29, 0.717) is 17.8 Å². The summed E-state index contributed by atoms with van der Waals surface area (Å²) in [5.74, 6) is 1.50. The standard InChI is InChI=1S/C15H20F3N3/c1-19-14(20-8-7-15(16,17)18)21-10-12-9-13(12)11-5-3-2-4-6-11/h2-6,12-13H,7-10H2,1H3,(H2,19,20,21). The molecule has 0 spiro atoms. The van der Waals surface area contributed by atoms with Crippen LogP contribution in [0.5, 0.6) is 0 Å². The van der Waals surface area contributed by atoms with Gasteiger partial charge < -0.3 is 10.6 Å². The first-order valence-electron chi connectivity index (χ1n) is 7.06. The minimum absolute atomic E-state index is 0.157. The van der Waals surface area contributed by atoms with Gasteiger partial charge in [-0.15, -0.1) is 0 Å². The fourth-order valence-electron chi connectivity index (χ4n) is 2.35. The predicted octanol–water partition coefficient (Wildman–Crippen LogP) is 2.91. The molecule has 0 aliphatic heterocycles. The van der Waals surface area contributed by atoms with Gasteiger partial charge in [0.2, 0.25) is 0 Å². The van der Waals surface area contributed by atoms with Crippen LogP contribution in [0.4, 0.5) is 13.2 Å². The van der Waals surface area contributed by atoms with E-state index in [2.05, 4.69) is 27.8 Å².